The maximum atomic E-state index is 13.1. The molecule has 4 aliphatic rings. The molecule has 3 saturated carbocycles. The van der Waals surface area contributed by atoms with Crippen molar-refractivity contribution in [1.82, 2.24) is 4.31 Å². The van der Waals surface area contributed by atoms with Crippen LogP contribution in [-0.4, -0.2) is 19.3 Å². The molecular formula is C20H25NO2S. The molecule has 1 aromatic rings. The third-order valence-electron chi connectivity index (χ3n) is 7.22. The van der Waals surface area contributed by atoms with Crippen LogP contribution in [0.15, 0.2) is 41.4 Å². The van der Waals surface area contributed by atoms with Gasteiger partial charge in [0.25, 0.3) is 10.0 Å². The van der Waals surface area contributed by atoms with E-state index in [0.717, 1.165) is 17.4 Å². The zero-order chi connectivity index (χ0) is 16.6. The van der Waals surface area contributed by atoms with Crippen molar-refractivity contribution in [3.8, 4) is 0 Å². The highest BCUT2D eigenvalue weighted by Gasteiger charge is 2.79. The predicted molar refractivity (Wildman–Crippen MR) is 93.8 cm³/mol. The SMILES string of the molecule is Cc1ccc(S(=O)(=O)N2C=CC3(C4CC4)C4CCCCC43C2)cc1. The van der Waals surface area contributed by atoms with E-state index in [-0.39, 0.29) is 5.41 Å². The third-order valence-corrected chi connectivity index (χ3v) is 8.96. The Morgan fingerprint density at radius 2 is 1.83 bits per heavy atom. The first-order valence-electron chi connectivity index (χ1n) is 9.29. The molecule has 3 nitrogen and oxygen atoms in total. The first kappa shape index (κ1) is 15.0. The van der Waals surface area contributed by atoms with Gasteiger partial charge >= 0.3 is 0 Å². The van der Waals surface area contributed by atoms with Crippen LogP contribution in [-0.2, 0) is 10.0 Å². The lowest BCUT2D eigenvalue weighted by Gasteiger charge is -2.34. The summed E-state index contributed by atoms with van der Waals surface area (Å²) in [4.78, 5) is 0.418. The van der Waals surface area contributed by atoms with E-state index >= 15 is 0 Å². The zero-order valence-electron chi connectivity index (χ0n) is 14.2. The predicted octanol–water partition coefficient (Wildman–Crippen LogP) is 4.10. The third kappa shape index (κ3) is 1.75. The number of hydrogen-bond acceptors (Lipinski definition) is 2. The van der Waals surface area contributed by atoms with E-state index < -0.39 is 10.0 Å². The molecule has 3 atom stereocenters. The molecule has 24 heavy (non-hydrogen) atoms. The molecule has 1 aliphatic heterocycles. The first-order valence-corrected chi connectivity index (χ1v) is 10.7. The van der Waals surface area contributed by atoms with E-state index in [4.69, 9.17) is 0 Å². The molecule has 1 spiro atoms. The van der Waals surface area contributed by atoms with Gasteiger partial charge in [-0.25, -0.2) is 8.42 Å². The number of aryl methyl sites for hydroxylation is 1. The van der Waals surface area contributed by atoms with Crippen LogP contribution < -0.4 is 0 Å². The summed E-state index contributed by atoms with van der Waals surface area (Å²) in [6.45, 7) is 2.68. The van der Waals surface area contributed by atoms with Gasteiger partial charge in [0, 0.05) is 23.6 Å². The van der Waals surface area contributed by atoms with Crippen molar-refractivity contribution in [2.45, 2.75) is 50.3 Å². The van der Waals surface area contributed by atoms with Gasteiger partial charge < -0.3 is 0 Å². The number of hydrogen-bond donors (Lipinski definition) is 0. The fraction of sp³-hybridized carbons (Fsp3) is 0.600. The van der Waals surface area contributed by atoms with Crippen LogP contribution in [0.5, 0.6) is 0 Å². The Bertz CT molecular complexity index is 809. The average Bonchev–Trinajstić information content (AvgIpc) is 3.47. The van der Waals surface area contributed by atoms with Gasteiger partial charge in [-0.1, -0.05) is 36.6 Å². The van der Waals surface area contributed by atoms with Crippen LogP contribution in [0.4, 0.5) is 0 Å². The van der Waals surface area contributed by atoms with E-state index in [1.807, 2.05) is 25.3 Å². The second-order valence-electron chi connectivity index (χ2n) is 8.34. The molecular weight excluding hydrogens is 318 g/mol. The average molecular weight is 343 g/mol. The molecule has 0 radical (unpaired) electrons. The molecule has 0 saturated heterocycles. The number of allylic oxidation sites excluding steroid dienone is 1. The molecule has 0 bridgehead atoms. The summed E-state index contributed by atoms with van der Waals surface area (Å²) in [5.41, 5.74) is 1.66. The molecule has 3 fully saturated rings. The molecule has 1 heterocycles. The molecule has 4 heteroatoms. The van der Waals surface area contributed by atoms with Crippen molar-refractivity contribution in [1.29, 1.82) is 0 Å². The van der Waals surface area contributed by atoms with Crippen LogP contribution in [0.3, 0.4) is 0 Å². The molecule has 0 N–H and O–H groups in total. The van der Waals surface area contributed by atoms with E-state index in [2.05, 4.69) is 6.08 Å². The molecule has 5 rings (SSSR count). The zero-order valence-corrected chi connectivity index (χ0v) is 15.1. The summed E-state index contributed by atoms with van der Waals surface area (Å²) >= 11 is 0. The second-order valence-corrected chi connectivity index (χ2v) is 10.2. The van der Waals surface area contributed by atoms with Crippen LogP contribution in [0, 0.1) is 29.6 Å². The summed E-state index contributed by atoms with van der Waals surface area (Å²) < 4.78 is 27.8. The summed E-state index contributed by atoms with van der Waals surface area (Å²) in [5.74, 6) is 1.54. The standard InChI is InChI=1S/C20H25NO2S/c1-15-5-9-17(10-6-15)24(22,23)21-13-12-20(16-7-8-16)18-4-2-3-11-19(18,20)14-21/h5-6,9-10,12-13,16,18H,2-4,7-8,11,14H2,1H3. The Morgan fingerprint density at radius 1 is 1.08 bits per heavy atom. The Balaban J connectivity index is 1.52. The smallest absolute Gasteiger partial charge is 0.263 e. The van der Waals surface area contributed by atoms with Crippen LogP contribution in [0.1, 0.15) is 44.1 Å². The van der Waals surface area contributed by atoms with Crippen molar-refractivity contribution in [3.63, 3.8) is 0 Å². The second kappa shape index (κ2) is 4.66. The summed E-state index contributed by atoms with van der Waals surface area (Å²) in [6.07, 6.45) is 12.0. The monoisotopic (exact) mass is 343 g/mol. The van der Waals surface area contributed by atoms with Crippen molar-refractivity contribution >= 4 is 10.0 Å². The van der Waals surface area contributed by atoms with Gasteiger partial charge in [0.05, 0.1) is 4.90 Å². The van der Waals surface area contributed by atoms with Crippen molar-refractivity contribution < 1.29 is 8.42 Å². The fourth-order valence-corrected chi connectivity index (χ4v) is 7.35. The van der Waals surface area contributed by atoms with Crippen molar-refractivity contribution in [2.75, 3.05) is 6.54 Å². The number of nitrogens with zero attached hydrogens (tertiary/aromatic N) is 1. The minimum Gasteiger partial charge on any atom is -0.273 e. The number of sulfonamides is 1. The van der Waals surface area contributed by atoms with Gasteiger partial charge in [-0.05, 0) is 56.6 Å². The Kier molecular flexibility index (Phi) is 2.91. The lowest BCUT2D eigenvalue weighted by molar-refractivity contribution is 0.244. The lowest BCUT2D eigenvalue weighted by Crippen LogP contribution is -2.38. The Morgan fingerprint density at radius 3 is 2.54 bits per heavy atom. The Labute approximate surface area is 144 Å². The summed E-state index contributed by atoms with van der Waals surface area (Å²) in [6, 6.07) is 7.25. The van der Waals surface area contributed by atoms with Crippen LogP contribution in [0.25, 0.3) is 0 Å². The van der Waals surface area contributed by atoms with Gasteiger partial charge in [-0.3, -0.25) is 4.31 Å². The molecule has 3 unspecified atom stereocenters. The molecule has 0 amide bonds. The largest absolute Gasteiger partial charge is 0.273 e. The molecule has 128 valence electrons. The number of fused-ring (bicyclic) bond motifs is 1. The van der Waals surface area contributed by atoms with Gasteiger partial charge in [-0.2, -0.15) is 0 Å². The highest BCUT2D eigenvalue weighted by atomic mass is 32.2. The Hall–Kier alpha value is -1.29. The normalized spacial score (nSPS) is 37.7. The van der Waals surface area contributed by atoms with Crippen molar-refractivity contribution in [2.24, 2.45) is 22.7 Å². The van der Waals surface area contributed by atoms with E-state index in [1.54, 1.807) is 16.4 Å². The minimum atomic E-state index is -3.43. The van der Waals surface area contributed by atoms with Gasteiger partial charge in [0.15, 0.2) is 0 Å². The molecule has 3 aliphatic carbocycles. The quantitative estimate of drug-likeness (QED) is 0.828. The van der Waals surface area contributed by atoms with Crippen LogP contribution >= 0.6 is 0 Å². The number of rotatable bonds is 3. The van der Waals surface area contributed by atoms with Gasteiger partial charge in [0.2, 0.25) is 0 Å². The van der Waals surface area contributed by atoms with Gasteiger partial charge in [-0.15, -0.1) is 0 Å². The lowest BCUT2D eigenvalue weighted by atomic mass is 9.82. The summed E-state index contributed by atoms with van der Waals surface area (Å²) in [7, 11) is -3.43. The number of benzene rings is 1. The molecule has 0 aromatic heterocycles. The highest BCUT2D eigenvalue weighted by Crippen LogP contribution is 2.83. The van der Waals surface area contributed by atoms with E-state index in [0.29, 0.717) is 16.9 Å². The highest BCUT2D eigenvalue weighted by molar-refractivity contribution is 7.89. The van der Waals surface area contributed by atoms with E-state index in [9.17, 15) is 8.42 Å². The fourth-order valence-electron chi connectivity index (χ4n) is 5.98. The van der Waals surface area contributed by atoms with E-state index in [1.165, 1.54) is 38.5 Å². The van der Waals surface area contributed by atoms with Crippen LogP contribution in [0.2, 0.25) is 0 Å². The maximum Gasteiger partial charge on any atom is 0.263 e. The maximum absolute atomic E-state index is 13.1. The minimum absolute atomic E-state index is 0.235. The first-order chi connectivity index (χ1) is 11.5. The topological polar surface area (TPSA) is 37.4 Å². The van der Waals surface area contributed by atoms with Gasteiger partial charge in [0.1, 0.15) is 0 Å². The molecule has 1 aromatic carbocycles. The van der Waals surface area contributed by atoms with Crippen molar-refractivity contribution in [3.05, 3.63) is 42.1 Å². The summed E-state index contributed by atoms with van der Waals surface area (Å²) in [5, 5.41) is 0.